The van der Waals surface area contributed by atoms with E-state index in [2.05, 4.69) is 63.1 Å². The largest absolute Gasteiger partial charge is 0.297 e. The van der Waals surface area contributed by atoms with Crippen molar-refractivity contribution in [3.63, 3.8) is 0 Å². The predicted octanol–water partition coefficient (Wildman–Crippen LogP) is 2.92. The molecule has 0 aliphatic carbocycles. The SMILES string of the molecule is CN(Cc1ccccc1)C(C)(C)C. The molecule has 0 fully saturated rings. The molecule has 0 heterocycles. The molecule has 0 spiro atoms. The van der Waals surface area contributed by atoms with Gasteiger partial charge in [0.1, 0.15) is 0 Å². The van der Waals surface area contributed by atoms with Crippen LogP contribution in [-0.2, 0) is 6.54 Å². The number of hydrogen-bond acceptors (Lipinski definition) is 1. The Hall–Kier alpha value is -0.820. The molecule has 72 valence electrons. The van der Waals surface area contributed by atoms with E-state index in [0.717, 1.165) is 6.54 Å². The molecule has 13 heavy (non-hydrogen) atoms. The second kappa shape index (κ2) is 3.93. The van der Waals surface area contributed by atoms with Gasteiger partial charge in [0.05, 0.1) is 0 Å². The first-order valence-corrected chi connectivity index (χ1v) is 4.75. The van der Waals surface area contributed by atoms with Gasteiger partial charge >= 0.3 is 0 Å². The van der Waals surface area contributed by atoms with Crippen molar-refractivity contribution in [2.45, 2.75) is 32.9 Å². The lowest BCUT2D eigenvalue weighted by atomic mass is 10.1. The smallest absolute Gasteiger partial charge is 0.0235 e. The molecule has 1 heteroatoms. The average molecular weight is 177 g/mol. The molecule has 0 aliphatic heterocycles. The molecular weight excluding hydrogens is 158 g/mol. The van der Waals surface area contributed by atoms with Gasteiger partial charge in [0.15, 0.2) is 0 Å². The van der Waals surface area contributed by atoms with Crippen molar-refractivity contribution in [1.82, 2.24) is 4.90 Å². The van der Waals surface area contributed by atoms with E-state index in [1.165, 1.54) is 5.56 Å². The van der Waals surface area contributed by atoms with Crippen LogP contribution in [-0.4, -0.2) is 17.5 Å². The molecule has 1 nitrogen and oxygen atoms in total. The molecule has 0 radical (unpaired) electrons. The van der Waals surface area contributed by atoms with Crippen molar-refractivity contribution in [1.29, 1.82) is 0 Å². The first-order chi connectivity index (χ1) is 6.00. The Morgan fingerprint density at radius 1 is 1.08 bits per heavy atom. The molecule has 0 amide bonds. The van der Waals surface area contributed by atoms with Crippen molar-refractivity contribution in [3.05, 3.63) is 35.9 Å². The molecule has 0 N–H and O–H groups in total. The summed E-state index contributed by atoms with van der Waals surface area (Å²) in [5, 5.41) is 0. The summed E-state index contributed by atoms with van der Waals surface area (Å²) in [7, 11) is 2.16. The lowest BCUT2D eigenvalue weighted by Gasteiger charge is -2.31. The Bertz CT molecular complexity index is 246. The van der Waals surface area contributed by atoms with E-state index in [4.69, 9.17) is 0 Å². The van der Waals surface area contributed by atoms with Gasteiger partial charge in [0, 0.05) is 12.1 Å². The maximum absolute atomic E-state index is 2.35. The van der Waals surface area contributed by atoms with Crippen LogP contribution in [0.5, 0.6) is 0 Å². The highest BCUT2D eigenvalue weighted by atomic mass is 15.1. The van der Waals surface area contributed by atoms with Gasteiger partial charge in [0.2, 0.25) is 0 Å². The fourth-order valence-corrected chi connectivity index (χ4v) is 1.09. The van der Waals surface area contributed by atoms with Gasteiger partial charge in [-0.2, -0.15) is 0 Å². The van der Waals surface area contributed by atoms with Crippen LogP contribution in [0.3, 0.4) is 0 Å². The third-order valence-electron chi connectivity index (χ3n) is 2.41. The monoisotopic (exact) mass is 177 g/mol. The molecule has 0 bridgehead atoms. The van der Waals surface area contributed by atoms with Gasteiger partial charge in [-0.3, -0.25) is 4.90 Å². The molecule has 1 aromatic rings. The zero-order chi connectivity index (χ0) is 9.90. The summed E-state index contributed by atoms with van der Waals surface area (Å²) >= 11 is 0. The van der Waals surface area contributed by atoms with E-state index in [1.54, 1.807) is 0 Å². The fourth-order valence-electron chi connectivity index (χ4n) is 1.09. The van der Waals surface area contributed by atoms with Crippen molar-refractivity contribution in [2.24, 2.45) is 0 Å². The Labute approximate surface area is 81.4 Å². The maximum Gasteiger partial charge on any atom is 0.0235 e. The zero-order valence-electron chi connectivity index (χ0n) is 9.04. The quantitative estimate of drug-likeness (QED) is 0.671. The first kappa shape index (κ1) is 10.3. The molecule has 0 saturated carbocycles. The number of hydrogen-bond donors (Lipinski definition) is 0. The zero-order valence-corrected chi connectivity index (χ0v) is 9.04. The van der Waals surface area contributed by atoms with Crippen molar-refractivity contribution < 1.29 is 0 Å². The van der Waals surface area contributed by atoms with Crippen LogP contribution in [0.4, 0.5) is 0 Å². The molecular formula is C12H19N. The minimum atomic E-state index is 0.246. The highest BCUT2D eigenvalue weighted by Gasteiger charge is 2.16. The number of benzene rings is 1. The second-order valence-corrected chi connectivity index (χ2v) is 4.51. The Morgan fingerprint density at radius 2 is 1.62 bits per heavy atom. The third kappa shape index (κ3) is 3.19. The predicted molar refractivity (Wildman–Crippen MR) is 57.7 cm³/mol. The lowest BCUT2D eigenvalue weighted by molar-refractivity contribution is 0.167. The summed E-state index contributed by atoms with van der Waals surface area (Å²) in [6, 6.07) is 10.6. The van der Waals surface area contributed by atoms with Crippen molar-refractivity contribution in [2.75, 3.05) is 7.05 Å². The molecule has 0 atom stereocenters. The van der Waals surface area contributed by atoms with E-state index in [-0.39, 0.29) is 5.54 Å². The van der Waals surface area contributed by atoms with Crippen LogP contribution in [0.15, 0.2) is 30.3 Å². The molecule has 0 saturated heterocycles. The molecule has 0 unspecified atom stereocenters. The van der Waals surface area contributed by atoms with E-state index in [1.807, 2.05) is 0 Å². The highest BCUT2D eigenvalue weighted by Crippen LogP contribution is 2.14. The van der Waals surface area contributed by atoms with Crippen LogP contribution in [0.2, 0.25) is 0 Å². The highest BCUT2D eigenvalue weighted by molar-refractivity contribution is 5.14. The van der Waals surface area contributed by atoms with Gasteiger partial charge in [-0.05, 0) is 33.4 Å². The summed E-state index contributed by atoms with van der Waals surface area (Å²) in [5.74, 6) is 0. The fraction of sp³-hybridized carbons (Fsp3) is 0.500. The van der Waals surface area contributed by atoms with Gasteiger partial charge < -0.3 is 0 Å². The van der Waals surface area contributed by atoms with E-state index < -0.39 is 0 Å². The maximum atomic E-state index is 2.35. The summed E-state index contributed by atoms with van der Waals surface area (Å²) in [6.07, 6.45) is 0. The summed E-state index contributed by atoms with van der Waals surface area (Å²) < 4.78 is 0. The van der Waals surface area contributed by atoms with Gasteiger partial charge in [0.25, 0.3) is 0 Å². The summed E-state index contributed by atoms with van der Waals surface area (Å²) in [6.45, 7) is 7.71. The van der Waals surface area contributed by atoms with Crippen LogP contribution in [0.25, 0.3) is 0 Å². The number of nitrogens with zero attached hydrogens (tertiary/aromatic N) is 1. The van der Waals surface area contributed by atoms with Crippen LogP contribution < -0.4 is 0 Å². The van der Waals surface area contributed by atoms with Gasteiger partial charge in [-0.1, -0.05) is 30.3 Å². The van der Waals surface area contributed by atoms with Crippen molar-refractivity contribution in [3.8, 4) is 0 Å². The topological polar surface area (TPSA) is 3.24 Å². The normalized spacial score (nSPS) is 12.1. The second-order valence-electron chi connectivity index (χ2n) is 4.51. The van der Waals surface area contributed by atoms with Gasteiger partial charge in [-0.25, -0.2) is 0 Å². The number of rotatable bonds is 2. The Morgan fingerprint density at radius 3 is 2.08 bits per heavy atom. The average Bonchev–Trinajstić information content (AvgIpc) is 2.04. The molecule has 0 aliphatic rings. The van der Waals surface area contributed by atoms with Crippen LogP contribution in [0, 0.1) is 0 Å². The standard InChI is InChI=1S/C12H19N/c1-12(2,3)13(4)10-11-8-6-5-7-9-11/h5-9H,10H2,1-4H3. The first-order valence-electron chi connectivity index (χ1n) is 4.75. The Balaban J connectivity index is 2.61. The van der Waals surface area contributed by atoms with Crippen LogP contribution >= 0.6 is 0 Å². The van der Waals surface area contributed by atoms with Gasteiger partial charge in [-0.15, -0.1) is 0 Å². The Kier molecular flexibility index (Phi) is 3.10. The van der Waals surface area contributed by atoms with E-state index >= 15 is 0 Å². The third-order valence-corrected chi connectivity index (χ3v) is 2.41. The molecule has 1 rings (SSSR count). The molecule has 0 aromatic heterocycles. The minimum absolute atomic E-state index is 0.246. The van der Waals surface area contributed by atoms with E-state index in [0.29, 0.717) is 0 Å². The van der Waals surface area contributed by atoms with Crippen molar-refractivity contribution >= 4 is 0 Å². The van der Waals surface area contributed by atoms with E-state index in [9.17, 15) is 0 Å². The van der Waals surface area contributed by atoms with Crippen LogP contribution in [0.1, 0.15) is 26.3 Å². The summed E-state index contributed by atoms with van der Waals surface area (Å²) in [4.78, 5) is 2.35. The molecule has 1 aromatic carbocycles. The lowest BCUT2D eigenvalue weighted by Crippen LogP contribution is -2.37. The summed E-state index contributed by atoms with van der Waals surface area (Å²) in [5.41, 5.74) is 1.62. The minimum Gasteiger partial charge on any atom is -0.297 e.